The zero-order valence-corrected chi connectivity index (χ0v) is 16.9. The van der Waals surface area contributed by atoms with Crippen LogP contribution in [0.4, 0.5) is 0 Å². The second-order valence-electron chi connectivity index (χ2n) is 11.7. The number of rotatable bonds is 3. The van der Waals surface area contributed by atoms with E-state index in [2.05, 4.69) is 18.2 Å². The van der Waals surface area contributed by atoms with E-state index in [1.54, 1.807) is 25.7 Å². The van der Waals surface area contributed by atoms with Crippen molar-refractivity contribution >= 4 is 0 Å². The Bertz CT molecular complexity index is 700. The normalized spacial score (nSPS) is 49.6. The molecule has 6 bridgehead atoms. The van der Waals surface area contributed by atoms with E-state index < -0.39 is 0 Å². The van der Waals surface area contributed by atoms with Gasteiger partial charge in [-0.2, -0.15) is 0 Å². The summed E-state index contributed by atoms with van der Waals surface area (Å²) < 4.78 is 0. The summed E-state index contributed by atoms with van der Waals surface area (Å²) in [6.07, 6.45) is 18.5. The van der Waals surface area contributed by atoms with Crippen molar-refractivity contribution in [3.8, 4) is 0 Å². The second kappa shape index (κ2) is 5.87. The topological polar surface area (TPSA) is 0 Å². The molecule has 144 valence electrons. The molecule has 6 fully saturated rings. The second-order valence-corrected chi connectivity index (χ2v) is 11.7. The molecule has 0 unspecified atom stereocenters. The summed E-state index contributed by atoms with van der Waals surface area (Å²) in [6.45, 7) is 0. The molecule has 6 saturated carbocycles. The summed E-state index contributed by atoms with van der Waals surface area (Å²) >= 11 is 0. The van der Waals surface area contributed by atoms with E-state index in [0.717, 1.165) is 53.3 Å². The molecule has 0 heterocycles. The molecular weight excluding hydrogens is 324 g/mol. The Morgan fingerprint density at radius 2 is 0.926 bits per heavy atom. The lowest BCUT2D eigenvalue weighted by molar-refractivity contribution is 0.380. The van der Waals surface area contributed by atoms with Gasteiger partial charge in [-0.15, -0.1) is 0 Å². The van der Waals surface area contributed by atoms with Gasteiger partial charge in [-0.05, 0) is 128 Å². The zero-order chi connectivity index (χ0) is 17.5. The molecule has 1 aromatic carbocycles. The van der Waals surface area contributed by atoms with Gasteiger partial charge in [0.05, 0.1) is 0 Å². The van der Waals surface area contributed by atoms with E-state index in [4.69, 9.17) is 0 Å². The minimum Gasteiger partial charge on any atom is -0.0617 e. The Kier molecular flexibility index (Phi) is 3.49. The fraction of sp³-hybridized carbons (Fsp3) is 0.778. The lowest BCUT2D eigenvalue weighted by atomic mass is 9.70. The average molecular weight is 361 g/mol. The minimum atomic E-state index is 0.927. The van der Waals surface area contributed by atoms with E-state index in [0.29, 0.717) is 0 Å². The Hall–Kier alpha value is -0.780. The Morgan fingerprint density at radius 3 is 1.30 bits per heavy atom. The highest BCUT2D eigenvalue weighted by Gasteiger charge is 2.48. The highest BCUT2D eigenvalue weighted by atomic mass is 14.5. The first-order valence-corrected chi connectivity index (χ1v) is 12.5. The molecule has 7 rings (SSSR count). The molecule has 27 heavy (non-hydrogen) atoms. The summed E-state index contributed by atoms with van der Waals surface area (Å²) in [5, 5.41) is 0. The van der Waals surface area contributed by atoms with Crippen molar-refractivity contribution < 1.29 is 0 Å². The first-order chi connectivity index (χ1) is 13.3. The molecule has 6 aliphatic rings. The minimum absolute atomic E-state index is 0.927. The fourth-order valence-corrected chi connectivity index (χ4v) is 9.53. The third kappa shape index (κ3) is 2.34. The van der Waals surface area contributed by atoms with Gasteiger partial charge in [0.1, 0.15) is 0 Å². The summed E-state index contributed by atoms with van der Waals surface area (Å²) in [6, 6.07) is 7.71. The average Bonchev–Trinajstić information content (AvgIpc) is 3.52. The van der Waals surface area contributed by atoms with Crippen molar-refractivity contribution in [3.63, 3.8) is 0 Å². The van der Waals surface area contributed by atoms with Crippen molar-refractivity contribution in [2.45, 2.75) is 94.8 Å². The molecular formula is C27H36. The van der Waals surface area contributed by atoms with Crippen molar-refractivity contribution in [2.24, 2.45) is 35.5 Å². The largest absolute Gasteiger partial charge is 0.0617 e. The Balaban J connectivity index is 1.34. The van der Waals surface area contributed by atoms with Crippen LogP contribution in [-0.2, 0) is 0 Å². The van der Waals surface area contributed by atoms with Crippen molar-refractivity contribution in [3.05, 3.63) is 34.9 Å². The van der Waals surface area contributed by atoms with Gasteiger partial charge in [0.15, 0.2) is 0 Å². The summed E-state index contributed by atoms with van der Waals surface area (Å²) in [5.41, 5.74) is 5.71. The van der Waals surface area contributed by atoms with Crippen LogP contribution >= 0.6 is 0 Å². The molecule has 0 spiro atoms. The van der Waals surface area contributed by atoms with Gasteiger partial charge >= 0.3 is 0 Å². The quantitative estimate of drug-likeness (QED) is 0.527. The molecule has 0 amide bonds. The SMILES string of the molecule is c1cc([C@@H]2C[C@H]3CC[C@@H]2C3)c([C@@H]2C[C@H]3CC[C@@H]2C3)c([C@@H]2C[C@H]3CC[C@@H]2C3)c1. The maximum absolute atomic E-state index is 2.61. The molecule has 0 aliphatic heterocycles. The standard InChI is InChI=1S/C27H36/c1-2-22(24-13-16-4-7-19(24)10-16)27(26-15-18-6-9-21(26)12-18)23(3-1)25-14-17-5-8-20(25)11-17/h1-3,16-21,24-26H,4-15H2/t16-,17-,18-,19+,20+,21+,24+,25+,26+/m0/s1. The number of hydrogen-bond acceptors (Lipinski definition) is 0. The summed E-state index contributed by atoms with van der Waals surface area (Å²) in [5.74, 6) is 9.09. The Morgan fingerprint density at radius 1 is 0.481 bits per heavy atom. The van der Waals surface area contributed by atoms with Crippen molar-refractivity contribution in [2.75, 3.05) is 0 Å². The number of hydrogen-bond donors (Lipinski definition) is 0. The lowest BCUT2D eigenvalue weighted by Crippen LogP contribution is -2.20. The van der Waals surface area contributed by atoms with Crippen LogP contribution in [0.5, 0.6) is 0 Å². The van der Waals surface area contributed by atoms with Crippen LogP contribution in [0.2, 0.25) is 0 Å². The maximum atomic E-state index is 2.61. The predicted molar refractivity (Wildman–Crippen MR) is 111 cm³/mol. The number of fused-ring (bicyclic) bond motifs is 6. The highest BCUT2D eigenvalue weighted by Crippen LogP contribution is 2.61. The first kappa shape index (κ1) is 16.1. The van der Waals surface area contributed by atoms with E-state index in [1.807, 2.05) is 16.7 Å². The van der Waals surface area contributed by atoms with Crippen LogP contribution < -0.4 is 0 Å². The molecule has 0 N–H and O–H groups in total. The monoisotopic (exact) mass is 360 g/mol. The maximum Gasteiger partial charge on any atom is -0.0125 e. The van der Waals surface area contributed by atoms with Gasteiger partial charge < -0.3 is 0 Å². The molecule has 0 nitrogen and oxygen atoms in total. The van der Waals surface area contributed by atoms with Gasteiger partial charge in [0, 0.05) is 0 Å². The van der Waals surface area contributed by atoms with E-state index in [1.165, 1.54) is 51.4 Å². The number of benzene rings is 1. The molecule has 0 aromatic heterocycles. The first-order valence-electron chi connectivity index (χ1n) is 12.5. The molecule has 0 saturated heterocycles. The molecule has 9 atom stereocenters. The molecule has 6 aliphatic carbocycles. The molecule has 1 aromatic rings. The summed E-state index contributed by atoms with van der Waals surface area (Å²) in [7, 11) is 0. The zero-order valence-electron chi connectivity index (χ0n) is 16.9. The van der Waals surface area contributed by atoms with Crippen molar-refractivity contribution in [1.82, 2.24) is 0 Å². The van der Waals surface area contributed by atoms with Gasteiger partial charge in [0.2, 0.25) is 0 Å². The summed E-state index contributed by atoms with van der Waals surface area (Å²) in [4.78, 5) is 0. The van der Waals surface area contributed by atoms with E-state index in [-0.39, 0.29) is 0 Å². The van der Waals surface area contributed by atoms with E-state index >= 15 is 0 Å². The van der Waals surface area contributed by atoms with Gasteiger partial charge in [-0.3, -0.25) is 0 Å². The molecule has 0 heteroatoms. The van der Waals surface area contributed by atoms with Crippen LogP contribution in [0.1, 0.15) is 111 Å². The van der Waals surface area contributed by atoms with Crippen LogP contribution in [0, 0.1) is 35.5 Å². The van der Waals surface area contributed by atoms with Gasteiger partial charge in [-0.1, -0.05) is 37.5 Å². The third-order valence-electron chi connectivity index (χ3n) is 10.6. The van der Waals surface area contributed by atoms with Gasteiger partial charge in [0.25, 0.3) is 0 Å². The highest BCUT2D eigenvalue weighted by molar-refractivity contribution is 5.45. The molecule has 0 radical (unpaired) electrons. The lowest BCUT2D eigenvalue weighted by Gasteiger charge is -2.35. The van der Waals surface area contributed by atoms with Crippen LogP contribution in [0.25, 0.3) is 0 Å². The van der Waals surface area contributed by atoms with Crippen LogP contribution in [0.3, 0.4) is 0 Å². The fourth-order valence-electron chi connectivity index (χ4n) is 9.53. The van der Waals surface area contributed by atoms with Crippen LogP contribution in [-0.4, -0.2) is 0 Å². The van der Waals surface area contributed by atoms with E-state index in [9.17, 15) is 0 Å². The smallest absolute Gasteiger partial charge is 0.0125 e. The van der Waals surface area contributed by atoms with Crippen LogP contribution in [0.15, 0.2) is 18.2 Å². The predicted octanol–water partition coefficient (Wildman–Crippen LogP) is 7.40. The Labute approximate surface area is 165 Å². The third-order valence-corrected chi connectivity index (χ3v) is 10.6. The van der Waals surface area contributed by atoms with Gasteiger partial charge in [-0.25, -0.2) is 0 Å². The van der Waals surface area contributed by atoms with Crippen molar-refractivity contribution in [1.29, 1.82) is 0 Å².